The maximum Gasteiger partial charge on any atom is 0.251 e. The normalized spacial score (nSPS) is 27.6. The van der Waals surface area contributed by atoms with Crippen molar-refractivity contribution < 1.29 is 8.78 Å². The van der Waals surface area contributed by atoms with Crippen molar-refractivity contribution in [3.8, 4) is 0 Å². The third-order valence-corrected chi connectivity index (χ3v) is 3.42. The minimum Gasteiger partial charge on any atom is -0.330 e. The Bertz CT molecular complexity index is 176. The van der Waals surface area contributed by atoms with Gasteiger partial charge in [-0.15, -0.1) is 0 Å². The van der Waals surface area contributed by atoms with E-state index in [-0.39, 0.29) is 12.6 Å². The molecule has 4 heteroatoms. The van der Waals surface area contributed by atoms with Crippen molar-refractivity contribution in [3.05, 3.63) is 0 Å². The summed E-state index contributed by atoms with van der Waals surface area (Å²) < 4.78 is 24.8. The number of halogens is 2. The Morgan fingerprint density at radius 2 is 2.00 bits per heavy atom. The molecule has 0 saturated heterocycles. The van der Waals surface area contributed by atoms with E-state index in [0.717, 1.165) is 19.3 Å². The van der Waals surface area contributed by atoms with Crippen molar-refractivity contribution in [2.24, 2.45) is 11.7 Å². The van der Waals surface area contributed by atoms with Crippen LogP contribution in [0.15, 0.2) is 0 Å². The number of hydrogen-bond acceptors (Lipinski definition) is 2. The van der Waals surface area contributed by atoms with Crippen molar-refractivity contribution >= 4 is 0 Å². The molecule has 90 valence electrons. The van der Waals surface area contributed by atoms with Crippen LogP contribution in [0.2, 0.25) is 0 Å². The molecule has 2 atom stereocenters. The van der Waals surface area contributed by atoms with Gasteiger partial charge in [-0.1, -0.05) is 19.8 Å². The second-order valence-corrected chi connectivity index (χ2v) is 4.33. The molecule has 0 amide bonds. The van der Waals surface area contributed by atoms with E-state index in [0.29, 0.717) is 19.0 Å². The SMILES string of the molecule is CCN(CC(F)F)C1CCCCC1CN. The first-order valence-corrected chi connectivity index (χ1v) is 5.91. The molecule has 0 radical (unpaired) electrons. The minimum atomic E-state index is -2.23. The van der Waals surface area contributed by atoms with Crippen LogP contribution in [0.25, 0.3) is 0 Å². The molecule has 0 aliphatic heterocycles. The summed E-state index contributed by atoms with van der Waals surface area (Å²) in [6.45, 7) is 3.18. The van der Waals surface area contributed by atoms with Crippen LogP contribution in [0.4, 0.5) is 8.78 Å². The van der Waals surface area contributed by atoms with E-state index in [2.05, 4.69) is 0 Å². The summed E-state index contributed by atoms with van der Waals surface area (Å²) in [6.07, 6.45) is 2.25. The molecule has 0 aromatic carbocycles. The largest absolute Gasteiger partial charge is 0.330 e. The highest BCUT2D eigenvalue weighted by molar-refractivity contribution is 4.83. The van der Waals surface area contributed by atoms with Gasteiger partial charge in [0.1, 0.15) is 0 Å². The summed E-state index contributed by atoms with van der Waals surface area (Å²) in [7, 11) is 0. The van der Waals surface area contributed by atoms with Gasteiger partial charge in [-0.3, -0.25) is 4.90 Å². The summed E-state index contributed by atoms with van der Waals surface area (Å²) in [5.41, 5.74) is 5.70. The molecule has 1 fully saturated rings. The summed E-state index contributed by atoms with van der Waals surface area (Å²) in [5, 5.41) is 0. The summed E-state index contributed by atoms with van der Waals surface area (Å²) >= 11 is 0. The Hall–Kier alpha value is -0.220. The molecule has 2 N–H and O–H groups in total. The average molecular weight is 220 g/mol. The van der Waals surface area contributed by atoms with Gasteiger partial charge in [-0.2, -0.15) is 0 Å². The van der Waals surface area contributed by atoms with Crippen LogP contribution >= 0.6 is 0 Å². The molecule has 0 spiro atoms. The van der Waals surface area contributed by atoms with Crippen molar-refractivity contribution in [2.45, 2.75) is 45.1 Å². The van der Waals surface area contributed by atoms with E-state index in [9.17, 15) is 8.78 Å². The first-order chi connectivity index (χ1) is 7.19. The van der Waals surface area contributed by atoms with E-state index in [1.807, 2.05) is 11.8 Å². The quantitative estimate of drug-likeness (QED) is 0.768. The third-order valence-electron chi connectivity index (χ3n) is 3.42. The zero-order chi connectivity index (χ0) is 11.3. The van der Waals surface area contributed by atoms with E-state index in [1.165, 1.54) is 6.42 Å². The highest BCUT2D eigenvalue weighted by atomic mass is 19.3. The molecule has 0 bridgehead atoms. The number of nitrogens with two attached hydrogens (primary N) is 1. The number of hydrogen-bond donors (Lipinski definition) is 1. The summed E-state index contributed by atoms with van der Waals surface area (Å²) in [6, 6.07) is 0.280. The van der Waals surface area contributed by atoms with Crippen LogP contribution in [-0.4, -0.2) is 37.0 Å². The Kier molecular flexibility index (Phi) is 5.47. The molecule has 1 saturated carbocycles. The second kappa shape index (κ2) is 6.38. The van der Waals surface area contributed by atoms with Crippen LogP contribution in [0.3, 0.4) is 0 Å². The van der Waals surface area contributed by atoms with Gasteiger partial charge in [-0.05, 0) is 31.8 Å². The van der Waals surface area contributed by atoms with Crippen molar-refractivity contribution in [1.29, 1.82) is 0 Å². The Balaban J connectivity index is 2.55. The standard InChI is InChI=1S/C11H22F2N2/c1-2-15(8-11(12)13)10-6-4-3-5-9(10)7-14/h9-11H,2-8,14H2,1H3. The van der Waals surface area contributed by atoms with E-state index >= 15 is 0 Å². The van der Waals surface area contributed by atoms with Crippen molar-refractivity contribution in [1.82, 2.24) is 4.90 Å². The van der Waals surface area contributed by atoms with Gasteiger partial charge in [0.15, 0.2) is 0 Å². The molecule has 0 aromatic rings. The van der Waals surface area contributed by atoms with Gasteiger partial charge in [-0.25, -0.2) is 8.78 Å². The van der Waals surface area contributed by atoms with Crippen LogP contribution in [0.1, 0.15) is 32.6 Å². The Morgan fingerprint density at radius 1 is 1.33 bits per heavy atom. The fraction of sp³-hybridized carbons (Fsp3) is 1.00. The number of nitrogens with zero attached hydrogens (tertiary/aromatic N) is 1. The summed E-state index contributed by atoms with van der Waals surface area (Å²) in [5.74, 6) is 0.414. The number of alkyl halides is 2. The van der Waals surface area contributed by atoms with Gasteiger partial charge in [0, 0.05) is 6.04 Å². The molecule has 1 aliphatic rings. The van der Waals surface area contributed by atoms with Gasteiger partial charge < -0.3 is 5.73 Å². The van der Waals surface area contributed by atoms with Crippen LogP contribution in [0, 0.1) is 5.92 Å². The molecule has 1 aliphatic carbocycles. The van der Waals surface area contributed by atoms with Crippen LogP contribution < -0.4 is 5.73 Å². The molecular weight excluding hydrogens is 198 g/mol. The molecule has 0 aromatic heterocycles. The zero-order valence-corrected chi connectivity index (χ0v) is 9.46. The third kappa shape index (κ3) is 3.68. The fourth-order valence-corrected chi connectivity index (χ4v) is 2.62. The fourth-order valence-electron chi connectivity index (χ4n) is 2.62. The first kappa shape index (κ1) is 12.8. The van der Waals surface area contributed by atoms with E-state index in [1.54, 1.807) is 0 Å². The average Bonchev–Trinajstić information content (AvgIpc) is 2.25. The molecule has 0 heterocycles. The predicted octanol–water partition coefficient (Wildman–Crippen LogP) is 2.09. The van der Waals surface area contributed by atoms with Gasteiger partial charge >= 0.3 is 0 Å². The molecule has 15 heavy (non-hydrogen) atoms. The lowest BCUT2D eigenvalue weighted by molar-refractivity contribution is 0.0385. The minimum absolute atomic E-state index is 0.0995. The predicted molar refractivity (Wildman–Crippen MR) is 58.1 cm³/mol. The molecular formula is C11H22F2N2. The molecule has 2 nitrogen and oxygen atoms in total. The first-order valence-electron chi connectivity index (χ1n) is 5.91. The monoisotopic (exact) mass is 220 g/mol. The van der Waals surface area contributed by atoms with E-state index < -0.39 is 6.43 Å². The molecule has 2 unspecified atom stereocenters. The van der Waals surface area contributed by atoms with Gasteiger partial charge in [0.2, 0.25) is 0 Å². The topological polar surface area (TPSA) is 29.3 Å². The maximum atomic E-state index is 12.4. The van der Waals surface area contributed by atoms with Gasteiger partial charge in [0.25, 0.3) is 6.43 Å². The highest BCUT2D eigenvalue weighted by Gasteiger charge is 2.29. The second-order valence-electron chi connectivity index (χ2n) is 4.33. The zero-order valence-electron chi connectivity index (χ0n) is 9.46. The lowest BCUT2D eigenvalue weighted by Crippen LogP contribution is -2.46. The Labute approximate surface area is 90.8 Å². The molecule has 1 rings (SSSR count). The maximum absolute atomic E-state index is 12.4. The Morgan fingerprint density at radius 3 is 2.53 bits per heavy atom. The smallest absolute Gasteiger partial charge is 0.251 e. The van der Waals surface area contributed by atoms with Crippen LogP contribution in [0.5, 0.6) is 0 Å². The van der Waals surface area contributed by atoms with Crippen molar-refractivity contribution in [2.75, 3.05) is 19.6 Å². The lowest BCUT2D eigenvalue weighted by Gasteiger charge is -2.39. The summed E-state index contributed by atoms with van der Waals surface area (Å²) in [4.78, 5) is 1.90. The van der Waals surface area contributed by atoms with Gasteiger partial charge in [0.05, 0.1) is 6.54 Å². The van der Waals surface area contributed by atoms with E-state index in [4.69, 9.17) is 5.73 Å². The van der Waals surface area contributed by atoms with Crippen LogP contribution in [-0.2, 0) is 0 Å². The lowest BCUT2D eigenvalue weighted by atomic mass is 9.83. The highest BCUT2D eigenvalue weighted by Crippen LogP contribution is 2.28. The number of rotatable bonds is 5. The van der Waals surface area contributed by atoms with Crippen molar-refractivity contribution in [3.63, 3.8) is 0 Å².